The first kappa shape index (κ1) is 7.03. The number of ether oxygens (including phenoxy) is 1. The van der Waals surface area contributed by atoms with Crippen molar-refractivity contribution in [1.29, 1.82) is 0 Å². The highest BCUT2D eigenvalue weighted by molar-refractivity contribution is 4.63. The van der Waals surface area contributed by atoms with Crippen LogP contribution >= 0.6 is 0 Å². The predicted molar refractivity (Wildman–Crippen MR) is 35.2 cm³/mol. The van der Waals surface area contributed by atoms with Crippen molar-refractivity contribution in [3.63, 3.8) is 0 Å². The summed E-state index contributed by atoms with van der Waals surface area (Å²) in [6.45, 7) is 2.17. The van der Waals surface area contributed by atoms with E-state index in [4.69, 9.17) is 9.84 Å². The minimum atomic E-state index is 0.330. The second-order valence-corrected chi connectivity index (χ2v) is 2.60. The molecule has 0 aromatic carbocycles. The summed E-state index contributed by atoms with van der Waals surface area (Å²) in [5.74, 6) is 0.733. The van der Waals surface area contributed by atoms with Crippen LogP contribution in [0.2, 0.25) is 0 Å². The first-order chi connectivity index (χ1) is 4.43. The van der Waals surface area contributed by atoms with Crippen molar-refractivity contribution in [2.45, 2.75) is 19.3 Å². The number of aliphatic hydroxyl groups excluding tert-OH is 1. The summed E-state index contributed by atoms with van der Waals surface area (Å²) >= 11 is 0. The molecule has 0 spiro atoms. The van der Waals surface area contributed by atoms with Crippen LogP contribution in [-0.2, 0) is 4.74 Å². The van der Waals surface area contributed by atoms with Crippen LogP contribution in [0, 0.1) is 5.92 Å². The predicted octanol–water partition coefficient (Wildman–Crippen LogP) is 0.795. The molecule has 1 atom stereocenters. The first-order valence-electron chi connectivity index (χ1n) is 3.62. The molecule has 0 aromatic heterocycles. The molecule has 0 bridgehead atoms. The van der Waals surface area contributed by atoms with Gasteiger partial charge in [-0.25, -0.2) is 0 Å². The summed E-state index contributed by atoms with van der Waals surface area (Å²) < 4.78 is 5.17. The molecule has 9 heavy (non-hydrogen) atoms. The zero-order valence-electron chi connectivity index (χ0n) is 5.68. The lowest BCUT2D eigenvalue weighted by molar-refractivity contribution is 0.181. The summed E-state index contributed by atoms with van der Waals surface area (Å²) in [6.07, 6.45) is 3.27. The van der Waals surface area contributed by atoms with Crippen LogP contribution in [-0.4, -0.2) is 24.9 Å². The Labute approximate surface area is 55.8 Å². The molecule has 1 aliphatic rings. The molecular weight excluding hydrogens is 116 g/mol. The minimum absolute atomic E-state index is 0.330. The average Bonchev–Trinajstić information content (AvgIpc) is 2.34. The van der Waals surface area contributed by atoms with Gasteiger partial charge in [0.05, 0.1) is 0 Å². The van der Waals surface area contributed by atoms with E-state index in [-0.39, 0.29) is 0 Å². The fourth-order valence-electron chi connectivity index (χ4n) is 1.19. The topological polar surface area (TPSA) is 29.5 Å². The zero-order chi connectivity index (χ0) is 6.53. The van der Waals surface area contributed by atoms with E-state index in [0.717, 1.165) is 32.0 Å². The van der Waals surface area contributed by atoms with Crippen LogP contribution in [0.15, 0.2) is 0 Å². The fourth-order valence-corrected chi connectivity index (χ4v) is 1.19. The molecule has 2 nitrogen and oxygen atoms in total. The molecule has 1 aliphatic heterocycles. The third-order valence-electron chi connectivity index (χ3n) is 1.79. The molecule has 0 aliphatic carbocycles. The van der Waals surface area contributed by atoms with Crippen LogP contribution in [0.3, 0.4) is 0 Å². The molecule has 0 aromatic rings. The molecule has 1 fully saturated rings. The Kier molecular flexibility index (Phi) is 3.01. The Morgan fingerprint density at radius 2 is 2.44 bits per heavy atom. The molecule has 2 heteroatoms. The molecule has 0 amide bonds. The van der Waals surface area contributed by atoms with E-state index in [1.54, 1.807) is 0 Å². The monoisotopic (exact) mass is 130 g/mol. The lowest BCUT2D eigenvalue weighted by Crippen LogP contribution is -1.99. The van der Waals surface area contributed by atoms with Gasteiger partial charge < -0.3 is 9.84 Å². The van der Waals surface area contributed by atoms with Gasteiger partial charge in [-0.05, 0) is 25.2 Å². The van der Waals surface area contributed by atoms with Crippen molar-refractivity contribution in [2.75, 3.05) is 19.8 Å². The van der Waals surface area contributed by atoms with Gasteiger partial charge in [-0.2, -0.15) is 0 Å². The van der Waals surface area contributed by atoms with Gasteiger partial charge in [0, 0.05) is 19.8 Å². The van der Waals surface area contributed by atoms with Gasteiger partial charge in [-0.1, -0.05) is 0 Å². The number of rotatable bonds is 3. The Morgan fingerprint density at radius 1 is 1.56 bits per heavy atom. The fraction of sp³-hybridized carbons (Fsp3) is 1.00. The van der Waals surface area contributed by atoms with Crippen molar-refractivity contribution >= 4 is 0 Å². The Balaban J connectivity index is 1.98. The number of aliphatic hydroxyl groups is 1. The second kappa shape index (κ2) is 3.85. The maximum absolute atomic E-state index is 8.49. The molecule has 54 valence electrons. The van der Waals surface area contributed by atoms with E-state index in [2.05, 4.69) is 0 Å². The lowest BCUT2D eigenvalue weighted by atomic mass is 10.0. The third-order valence-corrected chi connectivity index (χ3v) is 1.79. The minimum Gasteiger partial charge on any atom is -0.396 e. The Morgan fingerprint density at radius 3 is 3.00 bits per heavy atom. The van der Waals surface area contributed by atoms with E-state index in [0.29, 0.717) is 6.61 Å². The molecule has 1 N–H and O–H groups in total. The first-order valence-corrected chi connectivity index (χ1v) is 3.62. The molecule has 1 rings (SSSR count). The van der Waals surface area contributed by atoms with Gasteiger partial charge in [0.15, 0.2) is 0 Å². The standard InChI is InChI=1S/C7H14O2/c8-4-1-2-7-3-5-9-6-7/h7-8H,1-6H2/t7-/m0/s1. The number of hydrogen-bond acceptors (Lipinski definition) is 2. The number of hydrogen-bond donors (Lipinski definition) is 1. The highest BCUT2D eigenvalue weighted by Crippen LogP contribution is 2.17. The van der Waals surface area contributed by atoms with Gasteiger partial charge >= 0.3 is 0 Å². The zero-order valence-corrected chi connectivity index (χ0v) is 5.68. The van der Waals surface area contributed by atoms with E-state index < -0.39 is 0 Å². The maximum Gasteiger partial charge on any atom is 0.0495 e. The SMILES string of the molecule is OCCC[C@H]1CCOC1. The quantitative estimate of drug-likeness (QED) is 0.612. The van der Waals surface area contributed by atoms with Gasteiger partial charge in [-0.3, -0.25) is 0 Å². The van der Waals surface area contributed by atoms with E-state index in [1.165, 1.54) is 6.42 Å². The lowest BCUT2D eigenvalue weighted by Gasteiger charge is -2.03. The summed E-state index contributed by atoms with van der Waals surface area (Å²) in [7, 11) is 0. The molecular formula is C7H14O2. The highest BCUT2D eigenvalue weighted by atomic mass is 16.5. The summed E-state index contributed by atoms with van der Waals surface area (Å²) in [5.41, 5.74) is 0. The molecule has 1 heterocycles. The average molecular weight is 130 g/mol. The van der Waals surface area contributed by atoms with Crippen molar-refractivity contribution in [3.05, 3.63) is 0 Å². The molecule has 0 saturated carbocycles. The van der Waals surface area contributed by atoms with Crippen LogP contribution < -0.4 is 0 Å². The van der Waals surface area contributed by atoms with Crippen molar-refractivity contribution in [3.8, 4) is 0 Å². The largest absolute Gasteiger partial charge is 0.396 e. The van der Waals surface area contributed by atoms with Gasteiger partial charge in [0.1, 0.15) is 0 Å². The van der Waals surface area contributed by atoms with Crippen molar-refractivity contribution in [1.82, 2.24) is 0 Å². The maximum atomic E-state index is 8.49. The van der Waals surface area contributed by atoms with Gasteiger partial charge in [0.25, 0.3) is 0 Å². The summed E-state index contributed by atoms with van der Waals surface area (Å²) in [4.78, 5) is 0. The van der Waals surface area contributed by atoms with Crippen LogP contribution in [0.5, 0.6) is 0 Å². The highest BCUT2D eigenvalue weighted by Gasteiger charge is 2.13. The van der Waals surface area contributed by atoms with Crippen LogP contribution in [0.25, 0.3) is 0 Å². The molecule has 0 radical (unpaired) electrons. The normalized spacial score (nSPS) is 27.0. The van der Waals surface area contributed by atoms with E-state index in [1.807, 2.05) is 0 Å². The summed E-state index contributed by atoms with van der Waals surface area (Å²) in [6, 6.07) is 0. The van der Waals surface area contributed by atoms with Gasteiger partial charge in [0.2, 0.25) is 0 Å². The van der Waals surface area contributed by atoms with Crippen LogP contribution in [0.1, 0.15) is 19.3 Å². The van der Waals surface area contributed by atoms with E-state index >= 15 is 0 Å². The van der Waals surface area contributed by atoms with Gasteiger partial charge in [-0.15, -0.1) is 0 Å². The molecule has 0 unspecified atom stereocenters. The Bertz CT molecular complexity index is 67.3. The van der Waals surface area contributed by atoms with Crippen molar-refractivity contribution in [2.24, 2.45) is 5.92 Å². The van der Waals surface area contributed by atoms with Crippen molar-refractivity contribution < 1.29 is 9.84 Å². The summed E-state index contributed by atoms with van der Waals surface area (Å²) in [5, 5.41) is 8.49. The molecule has 1 saturated heterocycles. The van der Waals surface area contributed by atoms with E-state index in [9.17, 15) is 0 Å². The smallest absolute Gasteiger partial charge is 0.0495 e. The Hall–Kier alpha value is -0.0800. The third kappa shape index (κ3) is 2.33. The van der Waals surface area contributed by atoms with Crippen LogP contribution in [0.4, 0.5) is 0 Å². The second-order valence-electron chi connectivity index (χ2n) is 2.60.